The highest BCUT2D eigenvalue weighted by atomic mass is 19.1. The van der Waals surface area contributed by atoms with Gasteiger partial charge in [-0.25, -0.2) is 8.78 Å². The van der Waals surface area contributed by atoms with Gasteiger partial charge in [-0.1, -0.05) is 6.07 Å². The molecule has 0 spiro atoms. The molecule has 1 unspecified atom stereocenters. The van der Waals surface area contributed by atoms with Gasteiger partial charge in [-0.2, -0.15) is 0 Å². The van der Waals surface area contributed by atoms with Crippen molar-refractivity contribution >= 4 is 5.91 Å². The second-order valence-electron chi connectivity index (χ2n) is 4.20. The molecular formula is C12H16F2N2O2. The molecule has 18 heavy (non-hydrogen) atoms. The van der Waals surface area contributed by atoms with Crippen molar-refractivity contribution < 1.29 is 18.7 Å². The van der Waals surface area contributed by atoms with Gasteiger partial charge in [0.1, 0.15) is 11.6 Å². The molecule has 0 radical (unpaired) electrons. The van der Waals surface area contributed by atoms with E-state index in [4.69, 9.17) is 5.73 Å². The molecule has 1 rings (SSSR count). The Balaban J connectivity index is 2.76. The van der Waals surface area contributed by atoms with E-state index in [0.717, 1.165) is 6.07 Å². The Morgan fingerprint density at radius 3 is 2.61 bits per heavy atom. The van der Waals surface area contributed by atoms with E-state index in [-0.39, 0.29) is 12.1 Å². The fraction of sp³-hybridized carbons (Fsp3) is 0.417. The number of likely N-dealkylation sites (N-methyl/N-ethyl adjacent to an activating group) is 1. The summed E-state index contributed by atoms with van der Waals surface area (Å²) < 4.78 is 26.1. The van der Waals surface area contributed by atoms with Gasteiger partial charge in [-0.05, 0) is 20.0 Å². The normalized spacial score (nSPS) is 14.6. The van der Waals surface area contributed by atoms with Crippen molar-refractivity contribution in [3.63, 3.8) is 0 Å². The monoisotopic (exact) mass is 258 g/mol. The first kappa shape index (κ1) is 14.5. The SMILES string of the molecule is C[C@H](C(N)=O)N(C)CC(O)c1ccc(F)cc1F. The minimum atomic E-state index is -1.16. The zero-order valence-electron chi connectivity index (χ0n) is 10.2. The molecule has 0 fully saturated rings. The van der Waals surface area contributed by atoms with Crippen molar-refractivity contribution in [2.45, 2.75) is 19.1 Å². The van der Waals surface area contributed by atoms with E-state index in [1.807, 2.05) is 0 Å². The summed E-state index contributed by atoms with van der Waals surface area (Å²) in [4.78, 5) is 12.4. The Hall–Kier alpha value is -1.53. The lowest BCUT2D eigenvalue weighted by molar-refractivity contribution is -0.122. The van der Waals surface area contributed by atoms with Crippen LogP contribution in [0.3, 0.4) is 0 Å². The molecule has 0 aliphatic heterocycles. The van der Waals surface area contributed by atoms with Gasteiger partial charge in [0.15, 0.2) is 0 Å². The predicted molar refractivity (Wildman–Crippen MR) is 62.6 cm³/mol. The van der Waals surface area contributed by atoms with Crippen LogP contribution in [0.5, 0.6) is 0 Å². The van der Waals surface area contributed by atoms with Gasteiger partial charge < -0.3 is 10.8 Å². The van der Waals surface area contributed by atoms with Crippen LogP contribution in [0.4, 0.5) is 8.78 Å². The number of carbonyl (C=O) groups is 1. The van der Waals surface area contributed by atoms with Crippen molar-refractivity contribution in [3.05, 3.63) is 35.4 Å². The summed E-state index contributed by atoms with van der Waals surface area (Å²) in [5.41, 5.74) is 5.10. The lowest BCUT2D eigenvalue weighted by Gasteiger charge is -2.25. The van der Waals surface area contributed by atoms with E-state index in [2.05, 4.69) is 0 Å². The molecule has 0 saturated heterocycles. The van der Waals surface area contributed by atoms with Crippen LogP contribution in [0.2, 0.25) is 0 Å². The van der Waals surface area contributed by atoms with E-state index >= 15 is 0 Å². The van der Waals surface area contributed by atoms with Gasteiger partial charge in [0.2, 0.25) is 5.91 Å². The minimum Gasteiger partial charge on any atom is -0.387 e. The summed E-state index contributed by atoms with van der Waals surface area (Å²) >= 11 is 0. The van der Waals surface area contributed by atoms with Crippen LogP contribution in [0.15, 0.2) is 18.2 Å². The zero-order chi connectivity index (χ0) is 13.9. The summed E-state index contributed by atoms with van der Waals surface area (Å²) in [6, 6.07) is 2.37. The fourth-order valence-electron chi connectivity index (χ4n) is 1.52. The van der Waals surface area contributed by atoms with Crippen LogP contribution in [0.1, 0.15) is 18.6 Å². The third-order valence-electron chi connectivity index (χ3n) is 2.86. The number of aliphatic hydroxyl groups is 1. The maximum atomic E-state index is 13.4. The first-order chi connectivity index (χ1) is 8.32. The Kier molecular flexibility index (Phi) is 4.75. The quantitative estimate of drug-likeness (QED) is 0.821. The molecule has 4 nitrogen and oxygen atoms in total. The number of nitrogens with zero attached hydrogens (tertiary/aromatic N) is 1. The van der Waals surface area contributed by atoms with Crippen LogP contribution < -0.4 is 5.73 Å². The molecule has 1 amide bonds. The molecule has 0 aromatic heterocycles. The maximum absolute atomic E-state index is 13.4. The third kappa shape index (κ3) is 3.48. The molecule has 100 valence electrons. The van der Waals surface area contributed by atoms with Crippen molar-refractivity contribution in [2.24, 2.45) is 5.73 Å². The number of aliphatic hydroxyl groups excluding tert-OH is 1. The van der Waals surface area contributed by atoms with Crippen LogP contribution in [-0.4, -0.2) is 35.5 Å². The number of benzene rings is 1. The summed E-state index contributed by atoms with van der Waals surface area (Å²) in [5, 5.41) is 9.84. The topological polar surface area (TPSA) is 66.6 Å². The zero-order valence-corrected chi connectivity index (χ0v) is 10.2. The number of carbonyl (C=O) groups excluding carboxylic acids is 1. The number of hydrogen-bond acceptors (Lipinski definition) is 3. The van der Waals surface area contributed by atoms with E-state index in [1.54, 1.807) is 14.0 Å². The Labute approximate surface area is 104 Å². The van der Waals surface area contributed by atoms with Crippen LogP contribution in [-0.2, 0) is 4.79 Å². The Morgan fingerprint density at radius 2 is 2.11 bits per heavy atom. The van der Waals surface area contributed by atoms with Gasteiger partial charge in [-0.15, -0.1) is 0 Å². The summed E-state index contributed by atoms with van der Waals surface area (Å²) in [6.07, 6.45) is -1.16. The smallest absolute Gasteiger partial charge is 0.234 e. The second-order valence-corrected chi connectivity index (χ2v) is 4.20. The van der Waals surface area contributed by atoms with Crippen molar-refractivity contribution in [1.82, 2.24) is 4.90 Å². The van der Waals surface area contributed by atoms with E-state index in [0.29, 0.717) is 6.07 Å². The lowest BCUT2D eigenvalue weighted by atomic mass is 10.1. The van der Waals surface area contributed by atoms with Gasteiger partial charge >= 0.3 is 0 Å². The molecule has 1 aromatic rings. The first-order valence-electron chi connectivity index (χ1n) is 5.45. The summed E-state index contributed by atoms with van der Waals surface area (Å²) in [6.45, 7) is 1.60. The molecule has 1 aromatic carbocycles. The fourth-order valence-corrected chi connectivity index (χ4v) is 1.52. The van der Waals surface area contributed by atoms with E-state index in [9.17, 15) is 18.7 Å². The Bertz CT molecular complexity index is 440. The van der Waals surface area contributed by atoms with E-state index in [1.165, 1.54) is 11.0 Å². The minimum absolute atomic E-state index is 0.0140. The highest BCUT2D eigenvalue weighted by Crippen LogP contribution is 2.19. The summed E-state index contributed by atoms with van der Waals surface area (Å²) in [7, 11) is 1.58. The lowest BCUT2D eigenvalue weighted by Crippen LogP contribution is -2.42. The second kappa shape index (κ2) is 5.88. The molecule has 0 saturated carbocycles. The number of rotatable bonds is 5. The third-order valence-corrected chi connectivity index (χ3v) is 2.86. The van der Waals surface area contributed by atoms with Gasteiger partial charge in [0.25, 0.3) is 0 Å². The molecule has 0 aliphatic rings. The molecule has 2 atom stereocenters. The highest BCUT2D eigenvalue weighted by Gasteiger charge is 2.20. The van der Waals surface area contributed by atoms with Crippen molar-refractivity contribution in [2.75, 3.05) is 13.6 Å². The predicted octanol–water partition coefficient (Wildman–Crippen LogP) is 0.804. The van der Waals surface area contributed by atoms with Crippen LogP contribution in [0.25, 0.3) is 0 Å². The van der Waals surface area contributed by atoms with Crippen molar-refractivity contribution in [3.8, 4) is 0 Å². The van der Waals surface area contributed by atoms with Gasteiger partial charge in [-0.3, -0.25) is 9.69 Å². The molecular weight excluding hydrogens is 242 g/mol. The number of amides is 1. The van der Waals surface area contributed by atoms with Gasteiger partial charge in [0.05, 0.1) is 12.1 Å². The molecule has 3 N–H and O–H groups in total. The largest absolute Gasteiger partial charge is 0.387 e. The highest BCUT2D eigenvalue weighted by molar-refractivity contribution is 5.79. The van der Waals surface area contributed by atoms with Crippen LogP contribution >= 0.6 is 0 Å². The number of nitrogens with two attached hydrogens (primary N) is 1. The van der Waals surface area contributed by atoms with Gasteiger partial charge in [0, 0.05) is 18.2 Å². The molecule has 0 heterocycles. The summed E-state index contributed by atoms with van der Waals surface area (Å²) in [5.74, 6) is -2.06. The van der Waals surface area contributed by atoms with E-state index < -0.39 is 29.7 Å². The molecule has 6 heteroatoms. The molecule has 0 bridgehead atoms. The first-order valence-corrected chi connectivity index (χ1v) is 5.45. The maximum Gasteiger partial charge on any atom is 0.234 e. The molecule has 0 aliphatic carbocycles. The number of hydrogen-bond donors (Lipinski definition) is 2. The average Bonchev–Trinajstić information content (AvgIpc) is 2.27. The average molecular weight is 258 g/mol. The number of primary amides is 1. The standard InChI is InChI=1S/C12H16F2N2O2/c1-7(12(15)18)16(2)6-11(17)9-4-3-8(13)5-10(9)14/h3-5,7,11,17H,6H2,1-2H3,(H2,15,18)/t7-,11?/m1/s1. The van der Waals surface area contributed by atoms with Crippen LogP contribution in [0, 0.1) is 11.6 Å². The van der Waals surface area contributed by atoms with Crippen molar-refractivity contribution in [1.29, 1.82) is 0 Å². The number of halogens is 2. The Morgan fingerprint density at radius 1 is 1.50 bits per heavy atom.